The van der Waals surface area contributed by atoms with E-state index in [1.54, 1.807) is 12.3 Å². The van der Waals surface area contributed by atoms with E-state index in [-0.39, 0.29) is 5.82 Å². The Balaban J connectivity index is 2.20. The van der Waals surface area contributed by atoms with Gasteiger partial charge in [-0.15, -0.1) is 0 Å². The molecule has 0 bridgehead atoms. The molecule has 0 aliphatic carbocycles. The molecule has 0 saturated heterocycles. The molecule has 0 radical (unpaired) electrons. The van der Waals surface area contributed by atoms with Crippen LogP contribution in [0.25, 0.3) is 0 Å². The van der Waals surface area contributed by atoms with Gasteiger partial charge in [-0.2, -0.15) is 0 Å². The quantitative estimate of drug-likeness (QED) is 0.652. The van der Waals surface area contributed by atoms with E-state index < -0.39 is 0 Å². The maximum absolute atomic E-state index is 14.0. The van der Waals surface area contributed by atoms with Gasteiger partial charge in [-0.25, -0.2) is 14.4 Å². The van der Waals surface area contributed by atoms with E-state index in [0.717, 1.165) is 23.6 Å². The van der Waals surface area contributed by atoms with Crippen molar-refractivity contribution >= 4 is 11.8 Å². The summed E-state index contributed by atoms with van der Waals surface area (Å²) in [5.74, 6) is -0.189. The van der Waals surface area contributed by atoms with E-state index in [2.05, 4.69) is 22.2 Å². The minimum Gasteiger partial charge on any atom is -0.313 e. The molecule has 1 heterocycles. The molecule has 1 N–H and O–H groups in total. The largest absolute Gasteiger partial charge is 0.313 e. The van der Waals surface area contributed by atoms with Gasteiger partial charge in [0.2, 0.25) is 0 Å². The number of rotatable bonds is 6. The molecule has 0 amide bonds. The van der Waals surface area contributed by atoms with Crippen LogP contribution in [0.15, 0.2) is 40.5 Å². The van der Waals surface area contributed by atoms with Gasteiger partial charge in [0.15, 0.2) is 5.16 Å². The summed E-state index contributed by atoms with van der Waals surface area (Å²) in [5, 5.41) is 3.88. The molecule has 0 aliphatic rings. The third-order valence-corrected chi connectivity index (χ3v) is 3.76. The summed E-state index contributed by atoms with van der Waals surface area (Å²) in [5.41, 5.74) is 1.58. The van der Waals surface area contributed by atoms with Crippen LogP contribution in [0.3, 0.4) is 0 Å². The Labute approximate surface area is 123 Å². The standard InChI is InChI=1S/C15H18FN3S/c1-3-8-17-10-12-13(16)5-4-6-14(12)20-15-18-9-7-11(2)19-15/h4-7,9,17H,3,8,10H2,1-2H3. The lowest BCUT2D eigenvalue weighted by Gasteiger charge is -2.10. The predicted molar refractivity (Wildman–Crippen MR) is 79.3 cm³/mol. The minimum absolute atomic E-state index is 0.189. The average molecular weight is 291 g/mol. The molecule has 0 unspecified atom stereocenters. The number of nitrogens with one attached hydrogen (secondary N) is 1. The zero-order chi connectivity index (χ0) is 14.4. The summed E-state index contributed by atoms with van der Waals surface area (Å²) in [6.45, 7) is 5.40. The summed E-state index contributed by atoms with van der Waals surface area (Å²) in [7, 11) is 0. The van der Waals surface area contributed by atoms with Gasteiger partial charge in [0.05, 0.1) is 0 Å². The Morgan fingerprint density at radius 2 is 2.15 bits per heavy atom. The van der Waals surface area contributed by atoms with Gasteiger partial charge in [-0.1, -0.05) is 13.0 Å². The van der Waals surface area contributed by atoms with Crippen molar-refractivity contribution in [3.63, 3.8) is 0 Å². The lowest BCUT2D eigenvalue weighted by atomic mass is 10.2. The molecule has 2 rings (SSSR count). The van der Waals surface area contributed by atoms with Gasteiger partial charge in [0, 0.05) is 28.9 Å². The first kappa shape index (κ1) is 14.9. The van der Waals surface area contributed by atoms with Crippen LogP contribution < -0.4 is 5.32 Å². The third-order valence-electron chi connectivity index (χ3n) is 2.78. The van der Waals surface area contributed by atoms with Crippen molar-refractivity contribution in [2.24, 2.45) is 0 Å². The van der Waals surface area contributed by atoms with Crippen LogP contribution >= 0.6 is 11.8 Å². The van der Waals surface area contributed by atoms with Gasteiger partial charge in [-0.05, 0) is 49.9 Å². The molecule has 2 aromatic rings. The van der Waals surface area contributed by atoms with Crippen LogP contribution in [0, 0.1) is 12.7 Å². The van der Waals surface area contributed by atoms with Gasteiger partial charge >= 0.3 is 0 Å². The second-order valence-corrected chi connectivity index (χ2v) is 5.49. The van der Waals surface area contributed by atoms with Crippen LogP contribution in [0.1, 0.15) is 24.6 Å². The zero-order valence-corrected chi connectivity index (χ0v) is 12.5. The molecule has 0 fully saturated rings. The Morgan fingerprint density at radius 1 is 1.30 bits per heavy atom. The van der Waals surface area contributed by atoms with Crippen molar-refractivity contribution in [1.82, 2.24) is 15.3 Å². The van der Waals surface area contributed by atoms with Crippen LogP contribution in [0.4, 0.5) is 4.39 Å². The molecule has 1 aromatic carbocycles. The maximum Gasteiger partial charge on any atom is 0.192 e. The topological polar surface area (TPSA) is 37.8 Å². The van der Waals surface area contributed by atoms with Gasteiger partial charge in [-0.3, -0.25) is 0 Å². The minimum atomic E-state index is -0.189. The second-order valence-electron chi connectivity index (χ2n) is 4.48. The molecular formula is C15H18FN3S. The third kappa shape index (κ3) is 4.02. The summed E-state index contributed by atoms with van der Waals surface area (Å²) in [6.07, 6.45) is 2.75. The monoisotopic (exact) mass is 291 g/mol. The van der Waals surface area contributed by atoms with E-state index >= 15 is 0 Å². The van der Waals surface area contributed by atoms with Crippen LogP contribution in [-0.2, 0) is 6.54 Å². The molecule has 0 saturated carbocycles. The van der Waals surface area contributed by atoms with E-state index in [9.17, 15) is 4.39 Å². The summed E-state index contributed by atoms with van der Waals surface area (Å²) >= 11 is 1.40. The van der Waals surface area contributed by atoms with E-state index in [4.69, 9.17) is 0 Å². The second kappa shape index (κ2) is 7.36. The van der Waals surface area contributed by atoms with Crippen molar-refractivity contribution in [3.05, 3.63) is 47.5 Å². The highest BCUT2D eigenvalue weighted by molar-refractivity contribution is 7.99. The first-order valence-electron chi connectivity index (χ1n) is 6.66. The fraction of sp³-hybridized carbons (Fsp3) is 0.333. The van der Waals surface area contributed by atoms with Crippen molar-refractivity contribution in [2.75, 3.05) is 6.54 Å². The van der Waals surface area contributed by atoms with E-state index in [1.165, 1.54) is 17.8 Å². The Bertz CT molecular complexity index is 575. The number of aryl methyl sites for hydroxylation is 1. The van der Waals surface area contributed by atoms with Crippen molar-refractivity contribution in [2.45, 2.75) is 36.9 Å². The fourth-order valence-electron chi connectivity index (χ4n) is 1.77. The molecular weight excluding hydrogens is 273 g/mol. The lowest BCUT2D eigenvalue weighted by Crippen LogP contribution is -2.15. The highest BCUT2D eigenvalue weighted by Crippen LogP contribution is 2.29. The first-order valence-corrected chi connectivity index (χ1v) is 7.48. The van der Waals surface area contributed by atoms with E-state index in [0.29, 0.717) is 17.3 Å². The van der Waals surface area contributed by atoms with Crippen LogP contribution in [-0.4, -0.2) is 16.5 Å². The zero-order valence-electron chi connectivity index (χ0n) is 11.7. The molecule has 5 heteroatoms. The molecule has 1 aromatic heterocycles. The van der Waals surface area contributed by atoms with Crippen LogP contribution in [0.2, 0.25) is 0 Å². The number of hydrogen-bond donors (Lipinski definition) is 1. The maximum atomic E-state index is 14.0. The number of hydrogen-bond acceptors (Lipinski definition) is 4. The molecule has 0 spiro atoms. The Kier molecular flexibility index (Phi) is 5.49. The highest BCUT2D eigenvalue weighted by atomic mass is 32.2. The van der Waals surface area contributed by atoms with Crippen LogP contribution in [0.5, 0.6) is 0 Å². The molecule has 20 heavy (non-hydrogen) atoms. The van der Waals surface area contributed by atoms with Crippen molar-refractivity contribution < 1.29 is 4.39 Å². The fourth-order valence-corrected chi connectivity index (χ4v) is 2.71. The number of benzene rings is 1. The smallest absolute Gasteiger partial charge is 0.192 e. The summed E-state index contributed by atoms with van der Waals surface area (Å²) in [6, 6.07) is 6.96. The highest BCUT2D eigenvalue weighted by Gasteiger charge is 2.10. The lowest BCUT2D eigenvalue weighted by molar-refractivity contribution is 0.578. The number of halogens is 1. The van der Waals surface area contributed by atoms with Crippen molar-refractivity contribution in [3.8, 4) is 0 Å². The predicted octanol–water partition coefficient (Wildman–Crippen LogP) is 3.57. The summed E-state index contributed by atoms with van der Waals surface area (Å²) < 4.78 is 14.0. The van der Waals surface area contributed by atoms with Gasteiger partial charge in [0.25, 0.3) is 0 Å². The molecule has 106 valence electrons. The number of nitrogens with zero attached hydrogens (tertiary/aromatic N) is 2. The SMILES string of the molecule is CCCNCc1c(F)cccc1Sc1nccc(C)n1. The van der Waals surface area contributed by atoms with Crippen molar-refractivity contribution in [1.29, 1.82) is 0 Å². The first-order chi connectivity index (χ1) is 9.70. The summed E-state index contributed by atoms with van der Waals surface area (Å²) in [4.78, 5) is 9.42. The Morgan fingerprint density at radius 3 is 2.90 bits per heavy atom. The number of aromatic nitrogens is 2. The van der Waals surface area contributed by atoms with Gasteiger partial charge < -0.3 is 5.32 Å². The average Bonchev–Trinajstić information content (AvgIpc) is 2.42. The molecule has 0 aliphatic heterocycles. The molecule has 0 atom stereocenters. The molecule has 3 nitrogen and oxygen atoms in total. The normalized spacial score (nSPS) is 10.8. The van der Waals surface area contributed by atoms with Gasteiger partial charge in [0.1, 0.15) is 5.82 Å². The van der Waals surface area contributed by atoms with E-state index in [1.807, 2.05) is 19.1 Å². The Hall–Kier alpha value is -1.46.